The van der Waals surface area contributed by atoms with Crippen molar-refractivity contribution in [2.75, 3.05) is 0 Å². The van der Waals surface area contributed by atoms with E-state index < -0.39 is 10.0 Å². The van der Waals surface area contributed by atoms with Crippen LogP contribution in [0.25, 0.3) is 0 Å². The van der Waals surface area contributed by atoms with Gasteiger partial charge in [-0.3, -0.25) is 0 Å². The molecular formula is C18H23NO2S. The summed E-state index contributed by atoms with van der Waals surface area (Å²) in [6.07, 6.45) is 1.63. The van der Waals surface area contributed by atoms with Crippen molar-refractivity contribution in [3.63, 3.8) is 0 Å². The van der Waals surface area contributed by atoms with Gasteiger partial charge in [0.05, 0.1) is 4.90 Å². The first-order chi connectivity index (χ1) is 10.4. The first kappa shape index (κ1) is 16.7. The van der Waals surface area contributed by atoms with E-state index in [2.05, 4.69) is 16.9 Å². The Morgan fingerprint density at radius 1 is 1.05 bits per heavy atom. The fraction of sp³-hybridized carbons (Fsp3) is 0.333. The average Bonchev–Trinajstić information content (AvgIpc) is 2.48. The number of sulfonamides is 1. The van der Waals surface area contributed by atoms with E-state index in [-0.39, 0.29) is 6.04 Å². The molecule has 1 N–H and O–H groups in total. The van der Waals surface area contributed by atoms with Crippen LogP contribution in [0.5, 0.6) is 0 Å². The van der Waals surface area contributed by atoms with Gasteiger partial charge in [0, 0.05) is 6.04 Å². The number of hydrogen-bond acceptors (Lipinski definition) is 2. The van der Waals surface area contributed by atoms with Crippen molar-refractivity contribution in [1.82, 2.24) is 4.72 Å². The molecule has 118 valence electrons. The van der Waals surface area contributed by atoms with Gasteiger partial charge in [0.1, 0.15) is 0 Å². The summed E-state index contributed by atoms with van der Waals surface area (Å²) < 4.78 is 27.8. The normalized spacial score (nSPS) is 13.0. The van der Waals surface area contributed by atoms with Crippen LogP contribution in [0.1, 0.15) is 30.0 Å². The predicted octanol–water partition coefficient (Wildman–Crippen LogP) is 3.60. The van der Waals surface area contributed by atoms with Crippen LogP contribution in [0.3, 0.4) is 0 Å². The minimum absolute atomic E-state index is 0.106. The van der Waals surface area contributed by atoms with E-state index in [1.807, 2.05) is 51.1 Å². The molecule has 2 aromatic carbocycles. The van der Waals surface area contributed by atoms with Crippen molar-refractivity contribution in [2.24, 2.45) is 0 Å². The Hall–Kier alpha value is -1.65. The van der Waals surface area contributed by atoms with Gasteiger partial charge in [-0.15, -0.1) is 0 Å². The van der Waals surface area contributed by atoms with Gasteiger partial charge in [-0.2, -0.15) is 0 Å². The zero-order valence-electron chi connectivity index (χ0n) is 13.3. The Morgan fingerprint density at radius 3 is 2.41 bits per heavy atom. The first-order valence-corrected chi connectivity index (χ1v) is 9.00. The van der Waals surface area contributed by atoms with Crippen molar-refractivity contribution in [1.29, 1.82) is 0 Å². The summed E-state index contributed by atoms with van der Waals surface area (Å²) in [7, 11) is -3.47. The summed E-state index contributed by atoms with van der Waals surface area (Å²) in [6.45, 7) is 5.63. The molecule has 0 saturated heterocycles. The second-order valence-electron chi connectivity index (χ2n) is 5.82. The van der Waals surface area contributed by atoms with E-state index in [4.69, 9.17) is 0 Å². The Morgan fingerprint density at radius 2 is 1.73 bits per heavy atom. The van der Waals surface area contributed by atoms with E-state index >= 15 is 0 Å². The zero-order valence-corrected chi connectivity index (χ0v) is 14.2. The second kappa shape index (κ2) is 7.07. The third-order valence-corrected chi connectivity index (χ3v) is 5.43. The molecule has 0 saturated carbocycles. The molecule has 1 atom stereocenters. The summed E-state index contributed by atoms with van der Waals surface area (Å²) in [6, 6.07) is 15.5. The summed E-state index contributed by atoms with van der Waals surface area (Å²) in [5.41, 5.74) is 2.94. The lowest BCUT2D eigenvalue weighted by Gasteiger charge is -2.16. The number of benzene rings is 2. The summed E-state index contributed by atoms with van der Waals surface area (Å²) >= 11 is 0. The Kier molecular flexibility index (Phi) is 5.37. The highest BCUT2D eigenvalue weighted by Gasteiger charge is 2.19. The van der Waals surface area contributed by atoms with Crippen molar-refractivity contribution in [3.05, 3.63) is 65.2 Å². The third kappa shape index (κ3) is 4.42. The highest BCUT2D eigenvalue weighted by Crippen LogP contribution is 2.17. The van der Waals surface area contributed by atoms with Crippen LogP contribution in [0.2, 0.25) is 0 Å². The number of hydrogen-bond donors (Lipinski definition) is 1. The van der Waals surface area contributed by atoms with Crippen LogP contribution in [0.4, 0.5) is 0 Å². The summed E-state index contributed by atoms with van der Waals surface area (Å²) in [4.78, 5) is 0.374. The molecular weight excluding hydrogens is 294 g/mol. The fourth-order valence-electron chi connectivity index (χ4n) is 2.41. The number of aryl methyl sites for hydroxylation is 3. The molecule has 0 radical (unpaired) electrons. The molecule has 0 aliphatic heterocycles. The molecule has 0 aliphatic rings. The average molecular weight is 317 g/mol. The summed E-state index contributed by atoms with van der Waals surface area (Å²) in [5, 5.41) is 0. The minimum atomic E-state index is -3.47. The molecule has 22 heavy (non-hydrogen) atoms. The maximum Gasteiger partial charge on any atom is 0.241 e. The SMILES string of the molecule is Cc1ccc(C)c(S(=O)(=O)N[C@H](C)CCc2ccccc2)c1. The van der Waals surface area contributed by atoms with Crippen molar-refractivity contribution in [2.45, 2.75) is 44.6 Å². The van der Waals surface area contributed by atoms with Crippen LogP contribution in [0, 0.1) is 13.8 Å². The molecule has 2 rings (SSSR count). The molecule has 0 heterocycles. The van der Waals surface area contributed by atoms with Gasteiger partial charge >= 0.3 is 0 Å². The van der Waals surface area contributed by atoms with Gasteiger partial charge in [-0.25, -0.2) is 13.1 Å². The lowest BCUT2D eigenvalue weighted by Crippen LogP contribution is -2.33. The monoisotopic (exact) mass is 317 g/mol. The van der Waals surface area contributed by atoms with Crippen LogP contribution in [-0.2, 0) is 16.4 Å². The molecule has 0 unspecified atom stereocenters. The van der Waals surface area contributed by atoms with E-state index in [0.717, 1.165) is 24.0 Å². The molecule has 4 heteroatoms. The minimum Gasteiger partial charge on any atom is -0.208 e. The quantitative estimate of drug-likeness (QED) is 0.885. The molecule has 0 aromatic heterocycles. The molecule has 0 amide bonds. The van der Waals surface area contributed by atoms with Crippen LogP contribution >= 0.6 is 0 Å². The highest BCUT2D eigenvalue weighted by atomic mass is 32.2. The van der Waals surface area contributed by atoms with Gasteiger partial charge < -0.3 is 0 Å². The molecule has 0 aliphatic carbocycles. The largest absolute Gasteiger partial charge is 0.241 e. The van der Waals surface area contributed by atoms with Gasteiger partial charge in [0.2, 0.25) is 10.0 Å². The van der Waals surface area contributed by atoms with Gasteiger partial charge in [0.15, 0.2) is 0 Å². The zero-order chi connectivity index (χ0) is 16.2. The standard InChI is InChI=1S/C18H23NO2S/c1-14-9-10-15(2)18(13-14)22(20,21)19-16(3)11-12-17-7-5-4-6-8-17/h4-10,13,16,19H,11-12H2,1-3H3/t16-/m1/s1. The Bertz CT molecular complexity index is 724. The second-order valence-corrected chi connectivity index (χ2v) is 7.50. The Labute approximate surface area is 133 Å². The van der Waals surface area contributed by atoms with Crippen LogP contribution < -0.4 is 4.72 Å². The van der Waals surface area contributed by atoms with E-state index in [1.165, 1.54) is 5.56 Å². The number of rotatable bonds is 6. The van der Waals surface area contributed by atoms with Crippen LogP contribution in [0.15, 0.2) is 53.4 Å². The summed E-state index contributed by atoms with van der Waals surface area (Å²) in [5.74, 6) is 0. The Balaban J connectivity index is 2.03. The molecule has 0 spiro atoms. The smallest absolute Gasteiger partial charge is 0.208 e. The van der Waals surface area contributed by atoms with Crippen molar-refractivity contribution in [3.8, 4) is 0 Å². The molecule has 2 aromatic rings. The predicted molar refractivity (Wildman–Crippen MR) is 90.5 cm³/mol. The maximum atomic E-state index is 12.5. The van der Waals surface area contributed by atoms with E-state index in [1.54, 1.807) is 6.07 Å². The lowest BCUT2D eigenvalue weighted by molar-refractivity contribution is 0.546. The van der Waals surface area contributed by atoms with Crippen molar-refractivity contribution < 1.29 is 8.42 Å². The number of nitrogens with one attached hydrogen (secondary N) is 1. The fourth-order valence-corrected chi connectivity index (χ4v) is 4.02. The first-order valence-electron chi connectivity index (χ1n) is 7.52. The van der Waals surface area contributed by atoms with Gasteiger partial charge in [-0.05, 0) is 56.4 Å². The van der Waals surface area contributed by atoms with Crippen molar-refractivity contribution >= 4 is 10.0 Å². The van der Waals surface area contributed by atoms with Gasteiger partial charge in [0.25, 0.3) is 0 Å². The van der Waals surface area contributed by atoms with E-state index in [0.29, 0.717) is 4.90 Å². The lowest BCUT2D eigenvalue weighted by atomic mass is 10.1. The van der Waals surface area contributed by atoms with Gasteiger partial charge in [-0.1, -0.05) is 42.5 Å². The topological polar surface area (TPSA) is 46.2 Å². The molecule has 0 bridgehead atoms. The highest BCUT2D eigenvalue weighted by molar-refractivity contribution is 7.89. The maximum absolute atomic E-state index is 12.5. The molecule has 0 fully saturated rings. The third-order valence-electron chi connectivity index (χ3n) is 3.70. The van der Waals surface area contributed by atoms with E-state index in [9.17, 15) is 8.42 Å². The van der Waals surface area contributed by atoms with Crippen LogP contribution in [-0.4, -0.2) is 14.5 Å². The molecule has 3 nitrogen and oxygen atoms in total.